The van der Waals surface area contributed by atoms with Crippen LogP contribution in [0.15, 0.2) is 0 Å². The lowest BCUT2D eigenvalue weighted by molar-refractivity contribution is -0.0936. The van der Waals surface area contributed by atoms with Gasteiger partial charge in [-0.1, -0.05) is 78.1 Å². The molecule has 0 bridgehead atoms. The van der Waals surface area contributed by atoms with Crippen LogP contribution in [-0.2, 0) is 32.6 Å². The number of phosphoric acid groups is 1. The van der Waals surface area contributed by atoms with E-state index in [9.17, 15) is 14.6 Å². The molecular formula is C31H67O11P. The van der Waals surface area contributed by atoms with Gasteiger partial charge in [-0.3, -0.25) is 9.05 Å². The minimum absolute atomic E-state index is 0.0105. The van der Waals surface area contributed by atoms with Crippen molar-refractivity contribution in [1.82, 2.24) is 0 Å². The van der Waals surface area contributed by atoms with Gasteiger partial charge in [0.25, 0.3) is 0 Å². The minimum Gasteiger partial charge on any atom is -0.394 e. The number of hydrogen-bond acceptors (Lipinski definition) is 10. The minimum atomic E-state index is -4.11. The van der Waals surface area contributed by atoms with Crippen LogP contribution in [0.4, 0.5) is 0 Å². The van der Waals surface area contributed by atoms with Gasteiger partial charge in [0.2, 0.25) is 0 Å². The lowest BCUT2D eigenvalue weighted by Crippen LogP contribution is -2.28. The van der Waals surface area contributed by atoms with E-state index in [-0.39, 0.29) is 37.6 Å². The highest BCUT2D eigenvalue weighted by molar-refractivity contribution is 7.47. The van der Waals surface area contributed by atoms with Gasteiger partial charge in [0, 0.05) is 0 Å². The Hall–Kier alpha value is -0.170. The van der Waals surface area contributed by atoms with Crippen LogP contribution < -0.4 is 0 Å². The maximum atomic E-state index is 11.5. The molecule has 11 nitrogen and oxygen atoms in total. The fourth-order valence-electron chi connectivity index (χ4n) is 3.65. The third kappa shape index (κ3) is 34.5. The predicted octanol–water partition coefficient (Wildman–Crippen LogP) is 6.14. The zero-order valence-electron chi connectivity index (χ0n) is 28.3. The summed E-state index contributed by atoms with van der Waals surface area (Å²) in [6.07, 6.45) is 11.0. The molecule has 262 valence electrons. The van der Waals surface area contributed by atoms with Crippen molar-refractivity contribution in [2.45, 2.75) is 162 Å². The van der Waals surface area contributed by atoms with Gasteiger partial charge in [-0.15, -0.1) is 0 Å². The van der Waals surface area contributed by atoms with Gasteiger partial charge in [-0.05, 0) is 47.5 Å². The largest absolute Gasteiger partial charge is 0.474 e. The van der Waals surface area contributed by atoms with Crippen molar-refractivity contribution in [2.24, 2.45) is 0 Å². The first-order chi connectivity index (χ1) is 20.4. The molecule has 0 amide bonds. The highest BCUT2D eigenvalue weighted by Gasteiger charge is 2.24. The number of ether oxygens (including phenoxy) is 4. The molecule has 7 unspecified atom stereocenters. The van der Waals surface area contributed by atoms with Gasteiger partial charge < -0.3 is 39.2 Å². The summed E-state index contributed by atoms with van der Waals surface area (Å²) in [6, 6.07) is 0. The third-order valence-corrected chi connectivity index (χ3v) is 7.29. The first-order valence-electron chi connectivity index (χ1n) is 16.5. The summed E-state index contributed by atoms with van der Waals surface area (Å²) in [7, 11) is -4.11. The number of rotatable bonds is 29. The first kappa shape index (κ1) is 45.0. The number of aliphatic hydroxyl groups excluding tert-OH is 3. The van der Waals surface area contributed by atoms with E-state index in [4.69, 9.17) is 33.7 Å². The summed E-state index contributed by atoms with van der Waals surface area (Å²) in [5, 5.41) is 27.3. The quantitative estimate of drug-likeness (QED) is 0.0421. The van der Waals surface area contributed by atoms with Gasteiger partial charge in [-0.2, -0.15) is 0 Å². The van der Waals surface area contributed by atoms with Gasteiger partial charge in [0.05, 0.1) is 70.2 Å². The maximum absolute atomic E-state index is 11.5. The number of phosphoric ester groups is 1. The SMILES string of the molecule is CC(O)COC(C)COC(C)COC(C)COC(C)CO.CCCCCCCCCCCCOP(=O)(O)OC(O)CCC. The van der Waals surface area contributed by atoms with Crippen LogP contribution in [0.1, 0.15) is 126 Å². The Labute approximate surface area is 262 Å². The van der Waals surface area contributed by atoms with Crippen molar-refractivity contribution in [2.75, 3.05) is 39.6 Å². The molecule has 4 N–H and O–H groups in total. The van der Waals surface area contributed by atoms with Crippen LogP contribution >= 0.6 is 7.82 Å². The summed E-state index contributed by atoms with van der Waals surface area (Å²) in [6.45, 7) is 15.2. The normalized spacial score (nSPS) is 17.3. The second kappa shape index (κ2) is 30.5. The van der Waals surface area contributed by atoms with Gasteiger partial charge in [0.15, 0.2) is 6.29 Å². The van der Waals surface area contributed by atoms with Crippen molar-refractivity contribution in [3.05, 3.63) is 0 Å². The van der Waals surface area contributed by atoms with Crippen LogP contribution in [0.5, 0.6) is 0 Å². The van der Waals surface area contributed by atoms with Crippen molar-refractivity contribution in [3.8, 4) is 0 Å². The second-order valence-corrected chi connectivity index (χ2v) is 12.8. The molecule has 7 atom stereocenters. The van der Waals surface area contributed by atoms with Crippen molar-refractivity contribution >= 4 is 7.82 Å². The Morgan fingerprint density at radius 2 is 1.02 bits per heavy atom. The van der Waals surface area contributed by atoms with E-state index in [0.717, 1.165) is 19.3 Å². The molecule has 0 aliphatic heterocycles. The lowest BCUT2D eigenvalue weighted by atomic mass is 10.1. The average Bonchev–Trinajstić information content (AvgIpc) is 2.95. The van der Waals surface area contributed by atoms with E-state index < -0.39 is 20.2 Å². The van der Waals surface area contributed by atoms with Crippen LogP contribution in [0.2, 0.25) is 0 Å². The molecule has 0 spiro atoms. The van der Waals surface area contributed by atoms with Crippen LogP contribution in [0.3, 0.4) is 0 Å². The Kier molecular flexibility index (Phi) is 31.9. The number of hydrogen-bond donors (Lipinski definition) is 4. The predicted molar refractivity (Wildman–Crippen MR) is 170 cm³/mol. The first-order valence-corrected chi connectivity index (χ1v) is 17.9. The zero-order valence-corrected chi connectivity index (χ0v) is 29.2. The Balaban J connectivity index is 0. The van der Waals surface area contributed by atoms with E-state index in [1.807, 2.05) is 34.6 Å². The summed E-state index contributed by atoms with van der Waals surface area (Å²) in [5.74, 6) is 0. The van der Waals surface area contributed by atoms with Crippen LogP contribution in [0.25, 0.3) is 0 Å². The van der Waals surface area contributed by atoms with Crippen LogP contribution in [0, 0.1) is 0 Å². The Morgan fingerprint density at radius 3 is 1.44 bits per heavy atom. The van der Waals surface area contributed by atoms with Crippen molar-refractivity contribution in [3.63, 3.8) is 0 Å². The topological polar surface area (TPSA) is 153 Å². The summed E-state index contributed by atoms with van der Waals surface area (Å²) < 4.78 is 43.0. The second-order valence-electron chi connectivity index (χ2n) is 11.4. The highest BCUT2D eigenvalue weighted by Crippen LogP contribution is 2.44. The molecule has 0 aliphatic rings. The average molecular weight is 647 g/mol. The summed E-state index contributed by atoms with van der Waals surface area (Å²) in [5.41, 5.74) is 0. The fourth-order valence-corrected chi connectivity index (χ4v) is 4.49. The van der Waals surface area contributed by atoms with Crippen molar-refractivity contribution < 1.29 is 52.8 Å². The number of unbranched alkanes of at least 4 members (excludes halogenated alkanes) is 9. The van der Waals surface area contributed by atoms with E-state index >= 15 is 0 Å². The molecule has 0 aromatic heterocycles. The molecule has 0 aromatic rings. The molecular weight excluding hydrogens is 579 g/mol. The van der Waals surface area contributed by atoms with Gasteiger partial charge in [-0.25, -0.2) is 4.57 Å². The maximum Gasteiger partial charge on any atom is 0.474 e. The molecule has 43 heavy (non-hydrogen) atoms. The standard InChI is InChI=1S/C16H35O5P.C15H32O6/c1-3-5-6-7-8-9-10-11-12-13-15-20-22(18,19)21-16(17)14-4-2;1-11(17)7-18-13(3)9-20-15(5)10-21-14(4)8-19-12(2)6-16/h16-17H,3-15H2,1-2H3,(H,18,19);11-17H,6-10H2,1-5H3. The smallest absolute Gasteiger partial charge is 0.394 e. The molecule has 0 heterocycles. The van der Waals surface area contributed by atoms with E-state index in [2.05, 4.69) is 11.4 Å². The van der Waals surface area contributed by atoms with Crippen molar-refractivity contribution in [1.29, 1.82) is 0 Å². The molecule has 0 saturated carbocycles. The third-order valence-electron chi connectivity index (χ3n) is 6.27. The highest BCUT2D eigenvalue weighted by atomic mass is 31.2. The van der Waals surface area contributed by atoms with E-state index in [1.165, 1.54) is 44.9 Å². The lowest BCUT2D eigenvalue weighted by Gasteiger charge is -2.21. The molecule has 0 radical (unpaired) electrons. The summed E-state index contributed by atoms with van der Waals surface area (Å²) >= 11 is 0. The zero-order chi connectivity index (χ0) is 32.9. The monoisotopic (exact) mass is 646 g/mol. The molecule has 0 aromatic carbocycles. The Bertz CT molecular complexity index is 627. The van der Waals surface area contributed by atoms with Crippen LogP contribution in [-0.4, -0.2) is 96.7 Å². The fraction of sp³-hybridized carbons (Fsp3) is 1.00. The van der Waals surface area contributed by atoms with E-state index in [1.54, 1.807) is 6.92 Å². The van der Waals surface area contributed by atoms with E-state index in [0.29, 0.717) is 39.3 Å². The molecule has 0 aliphatic carbocycles. The van der Waals surface area contributed by atoms with Gasteiger partial charge >= 0.3 is 7.82 Å². The molecule has 12 heteroatoms. The molecule has 0 fully saturated rings. The molecule has 0 saturated heterocycles. The van der Waals surface area contributed by atoms with Gasteiger partial charge in [0.1, 0.15) is 0 Å². The Morgan fingerprint density at radius 1 is 0.605 bits per heavy atom. The molecule has 0 rings (SSSR count). The number of aliphatic hydroxyl groups is 3. The summed E-state index contributed by atoms with van der Waals surface area (Å²) in [4.78, 5) is 9.41.